The van der Waals surface area contributed by atoms with E-state index in [0.717, 1.165) is 0 Å². The molecule has 2 nitrogen and oxygen atoms in total. The van der Waals surface area contributed by atoms with Crippen LogP contribution in [0.25, 0.3) is 0 Å². The first kappa shape index (κ1) is 12.2. The maximum atomic E-state index is 11.9. The first-order chi connectivity index (χ1) is 5.80. The van der Waals surface area contributed by atoms with Crippen LogP contribution < -0.4 is 0 Å². The Morgan fingerprint density at radius 1 is 1.46 bits per heavy atom. The highest BCUT2D eigenvalue weighted by Gasteiger charge is 2.27. The molecule has 0 radical (unpaired) electrons. The summed E-state index contributed by atoms with van der Waals surface area (Å²) < 4.78 is 0. The van der Waals surface area contributed by atoms with Crippen molar-refractivity contribution in [1.29, 1.82) is 0 Å². The van der Waals surface area contributed by atoms with Crippen molar-refractivity contribution in [2.75, 3.05) is 6.54 Å². The van der Waals surface area contributed by atoms with Gasteiger partial charge in [-0.05, 0) is 13.8 Å². The zero-order valence-electron chi connectivity index (χ0n) is 9.42. The molecule has 0 aliphatic heterocycles. The van der Waals surface area contributed by atoms with Gasteiger partial charge in [0.2, 0.25) is 5.91 Å². The molecule has 0 aliphatic carbocycles. The minimum Gasteiger partial charge on any atom is -0.336 e. The Hall–Kier alpha value is -0.790. The number of hydrogen-bond donors (Lipinski definition) is 0. The van der Waals surface area contributed by atoms with Gasteiger partial charge < -0.3 is 4.90 Å². The fraction of sp³-hybridized carbons (Fsp3) is 0.727. The van der Waals surface area contributed by atoms with Crippen molar-refractivity contribution in [1.82, 2.24) is 4.90 Å². The van der Waals surface area contributed by atoms with Gasteiger partial charge in [-0.1, -0.05) is 26.8 Å². The second-order valence-electron chi connectivity index (χ2n) is 4.59. The molecule has 0 spiro atoms. The second kappa shape index (κ2) is 4.45. The Morgan fingerprint density at radius 2 is 1.92 bits per heavy atom. The molecule has 0 fully saturated rings. The fourth-order valence-corrected chi connectivity index (χ4v) is 1.10. The SMILES string of the molecule is C=CCN(C(=O)C(C)(C)C)C(C)C. The Labute approximate surface area is 81.6 Å². The van der Waals surface area contributed by atoms with E-state index >= 15 is 0 Å². The van der Waals surface area contributed by atoms with E-state index in [-0.39, 0.29) is 17.4 Å². The van der Waals surface area contributed by atoms with E-state index in [9.17, 15) is 4.79 Å². The number of hydrogen-bond acceptors (Lipinski definition) is 1. The molecule has 0 heterocycles. The molecule has 0 unspecified atom stereocenters. The zero-order valence-corrected chi connectivity index (χ0v) is 9.42. The molecular formula is C11H21NO. The van der Waals surface area contributed by atoms with Gasteiger partial charge in [0.25, 0.3) is 0 Å². The van der Waals surface area contributed by atoms with Crippen LogP contribution >= 0.6 is 0 Å². The van der Waals surface area contributed by atoms with E-state index in [4.69, 9.17) is 0 Å². The number of carbonyl (C=O) groups is 1. The molecule has 0 aromatic heterocycles. The average molecular weight is 183 g/mol. The highest BCUT2D eigenvalue weighted by atomic mass is 16.2. The summed E-state index contributed by atoms with van der Waals surface area (Å²) in [5.41, 5.74) is -0.298. The summed E-state index contributed by atoms with van der Waals surface area (Å²) in [7, 11) is 0. The number of carbonyl (C=O) groups excluding carboxylic acids is 1. The number of rotatable bonds is 3. The Bertz CT molecular complexity index is 189. The van der Waals surface area contributed by atoms with E-state index in [2.05, 4.69) is 6.58 Å². The van der Waals surface area contributed by atoms with Gasteiger partial charge in [0.1, 0.15) is 0 Å². The molecule has 0 aliphatic rings. The van der Waals surface area contributed by atoms with Gasteiger partial charge >= 0.3 is 0 Å². The van der Waals surface area contributed by atoms with E-state index < -0.39 is 0 Å². The first-order valence-electron chi connectivity index (χ1n) is 4.72. The summed E-state index contributed by atoms with van der Waals surface area (Å²) in [5, 5.41) is 0. The lowest BCUT2D eigenvalue weighted by molar-refractivity contribution is -0.140. The van der Waals surface area contributed by atoms with Crippen LogP contribution in [-0.4, -0.2) is 23.4 Å². The van der Waals surface area contributed by atoms with Gasteiger partial charge in [0.05, 0.1) is 0 Å². The van der Waals surface area contributed by atoms with E-state index in [0.29, 0.717) is 6.54 Å². The molecule has 1 amide bonds. The molecule has 0 rings (SSSR count). The van der Waals surface area contributed by atoms with E-state index in [1.54, 1.807) is 6.08 Å². The maximum Gasteiger partial charge on any atom is 0.228 e. The predicted molar refractivity (Wildman–Crippen MR) is 56.5 cm³/mol. The van der Waals surface area contributed by atoms with Gasteiger partial charge in [-0.25, -0.2) is 0 Å². The predicted octanol–water partition coefficient (Wildman–Crippen LogP) is 2.46. The summed E-state index contributed by atoms with van der Waals surface area (Å²) in [5.74, 6) is 0.183. The van der Waals surface area contributed by atoms with E-state index in [1.165, 1.54) is 0 Å². The third-order valence-corrected chi connectivity index (χ3v) is 1.85. The van der Waals surface area contributed by atoms with Gasteiger partial charge in [-0.3, -0.25) is 4.79 Å². The third-order valence-electron chi connectivity index (χ3n) is 1.85. The van der Waals surface area contributed by atoms with Crippen LogP contribution in [0.5, 0.6) is 0 Å². The van der Waals surface area contributed by atoms with Crippen molar-refractivity contribution < 1.29 is 4.79 Å². The van der Waals surface area contributed by atoms with Crippen LogP contribution in [0.2, 0.25) is 0 Å². The van der Waals surface area contributed by atoms with Crippen molar-refractivity contribution in [2.45, 2.75) is 40.7 Å². The minimum absolute atomic E-state index is 0.183. The van der Waals surface area contributed by atoms with Crippen molar-refractivity contribution >= 4 is 5.91 Å². The summed E-state index contributed by atoms with van der Waals surface area (Å²) in [6.45, 7) is 14.1. The standard InChI is InChI=1S/C11H21NO/c1-7-8-12(9(2)3)10(13)11(4,5)6/h7,9H,1,8H2,2-6H3. The molecule has 0 saturated heterocycles. The molecule has 2 heteroatoms. The highest BCUT2D eigenvalue weighted by Crippen LogP contribution is 2.18. The highest BCUT2D eigenvalue weighted by molar-refractivity contribution is 5.81. The normalized spacial score (nSPS) is 11.5. The van der Waals surface area contributed by atoms with Crippen LogP contribution in [0, 0.1) is 5.41 Å². The monoisotopic (exact) mass is 183 g/mol. The Morgan fingerprint density at radius 3 is 2.15 bits per heavy atom. The van der Waals surface area contributed by atoms with Crippen LogP contribution in [0.4, 0.5) is 0 Å². The van der Waals surface area contributed by atoms with Crippen LogP contribution in [0.1, 0.15) is 34.6 Å². The van der Waals surface area contributed by atoms with Crippen molar-refractivity contribution in [3.63, 3.8) is 0 Å². The lowest BCUT2D eigenvalue weighted by atomic mass is 9.94. The third kappa shape index (κ3) is 3.62. The lowest BCUT2D eigenvalue weighted by Gasteiger charge is -2.31. The molecule has 0 aromatic rings. The molecule has 0 aromatic carbocycles. The Balaban J connectivity index is 4.56. The number of nitrogens with zero attached hydrogens (tertiary/aromatic N) is 1. The molecular weight excluding hydrogens is 162 g/mol. The lowest BCUT2D eigenvalue weighted by Crippen LogP contribution is -2.43. The molecule has 0 N–H and O–H groups in total. The van der Waals surface area contributed by atoms with Gasteiger partial charge in [-0.15, -0.1) is 6.58 Å². The number of amides is 1. The van der Waals surface area contributed by atoms with Gasteiger partial charge in [0.15, 0.2) is 0 Å². The first-order valence-corrected chi connectivity index (χ1v) is 4.72. The quantitative estimate of drug-likeness (QED) is 0.615. The summed E-state index contributed by atoms with van der Waals surface area (Å²) in [4.78, 5) is 13.7. The summed E-state index contributed by atoms with van der Waals surface area (Å²) >= 11 is 0. The molecule has 76 valence electrons. The van der Waals surface area contributed by atoms with Crippen LogP contribution in [0.3, 0.4) is 0 Å². The molecule has 0 atom stereocenters. The van der Waals surface area contributed by atoms with Crippen LogP contribution in [0.15, 0.2) is 12.7 Å². The van der Waals surface area contributed by atoms with Gasteiger partial charge in [0, 0.05) is 18.0 Å². The molecule has 0 saturated carbocycles. The summed E-state index contributed by atoms with van der Waals surface area (Å²) in [6, 6.07) is 0.240. The van der Waals surface area contributed by atoms with Crippen molar-refractivity contribution in [3.8, 4) is 0 Å². The largest absolute Gasteiger partial charge is 0.336 e. The van der Waals surface area contributed by atoms with Gasteiger partial charge in [-0.2, -0.15) is 0 Å². The molecule has 0 bridgehead atoms. The average Bonchev–Trinajstić information content (AvgIpc) is 1.96. The molecule has 13 heavy (non-hydrogen) atoms. The second-order valence-corrected chi connectivity index (χ2v) is 4.59. The Kier molecular flexibility index (Phi) is 4.18. The minimum atomic E-state index is -0.298. The van der Waals surface area contributed by atoms with Crippen LogP contribution in [-0.2, 0) is 4.79 Å². The zero-order chi connectivity index (χ0) is 10.6. The smallest absolute Gasteiger partial charge is 0.228 e. The topological polar surface area (TPSA) is 20.3 Å². The maximum absolute atomic E-state index is 11.9. The summed E-state index contributed by atoms with van der Waals surface area (Å²) in [6.07, 6.45) is 1.77. The fourth-order valence-electron chi connectivity index (χ4n) is 1.10. The van der Waals surface area contributed by atoms with Crippen molar-refractivity contribution in [3.05, 3.63) is 12.7 Å². The van der Waals surface area contributed by atoms with E-state index in [1.807, 2.05) is 39.5 Å². The van der Waals surface area contributed by atoms with Crippen molar-refractivity contribution in [2.24, 2.45) is 5.41 Å².